The van der Waals surface area contributed by atoms with E-state index in [2.05, 4.69) is 17.2 Å². The molecular weight excluding hydrogens is 342 g/mol. The van der Waals surface area contributed by atoms with E-state index in [1.165, 1.54) is 6.42 Å². The third kappa shape index (κ3) is 4.34. The van der Waals surface area contributed by atoms with Gasteiger partial charge in [-0.1, -0.05) is 6.92 Å². The molecule has 1 unspecified atom stereocenters. The maximum absolute atomic E-state index is 13.3. The highest BCUT2D eigenvalue weighted by molar-refractivity contribution is 5.97. The zero-order valence-electron chi connectivity index (χ0n) is 17.0. The molecule has 0 radical (unpaired) electrons. The summed E-state index contributed by atoms with van der Waals surface area (Å²) in [7, 11) is 3.95. The number of likely N-dealkylation sites (tertiary alicyclic amines) is 1. The summed E-state index contributed by atoms with van der Waals surface area (Å²) in [6.07, 6.45) is 7.15. The van der Waals surface area contributed by atoms with Gasteiger partial charge in [0.2, 0.25) is 0 Å². The van der Waals surface area contributed by atoms with E-state index in [1.807, 2.05) is 28.5 Å². The summed E-state index contributed by atoms with van der Waals surface area (Å²) in [6, 6.07) is 0.292. The van der Waals surface area contributed by atoms with E-state index in [0.29, 0.717) is 24.1 Å². The summed E-state index contributed by atoms with van der Waals surface area (Å²) < 4.78 is 2.01. The molecular formula is C20H33N5O2. The molecule has 7 heteroatoms. The Hall–Kier alpha value is -1.89. The lowest BCUT2D eigenvalue weighted by molar-refractivity contribution is 0.0589. The van der Waals surface area contributed by atoms with Crippen LogP contribution < -0.4 is 5.32 Å². The summed E-state index contributed by atoms with van der Waals surface area (Å²) in [6.45, 7) is 5.06. The van der Waals surface area contributed by atoms with Crippen LogP contribution in [0.1, 0.15) is 72.3 Å². The molecule has 0 aliphatic carbocycles. The van der Waals surface area contributed by atoms with Crippen molar-refractivity contribution in [1.82, 2.24) is 24.7 Å². The molecule has 3 heterocycles. The fourth-order valence-corrected chi connectivity index (χ4v) is 4.19. The molecule has 1 aromatic rings. The van der Waals surface area contributed by atoms with Crippen molar-refractivity contribution in [3.8, 4) is 0 Å². The van der Waals surface area contributed by atoms with Gasteiger partial charge in [0.25, 0.3) is 11.8 Å². The Bertz CT molecular complexity index is 682. The Morgan fingerprint density at radius 3 is 2.70 bits per heavy atom. The number of fused-ring (bicyclic) bond motifs is 1. The Labute approximate surface area is 162 Å². The van der Waals surface area contributed by atoms with Gasteiger partial charge in [-0.3, -0.25) is 9.59 Å². The smallest absolute Gasteiger partial charge is 0.290 e. The van der Waals surface area contributed by atoms with Crippen LogP contribution in [0.25, 0.3) is 0 Å². The van der Waals surface area contributed by atoms with Gasteiger partial charge in [0.1, 0.15) is 5.69 Å². The van der Waals surface area contributed by atoms with Gasteiger partial charge in [-0.05, 0) is 59.0 Å². The van der Waals surface area contributed by atoms with Gasteiger partial charge < -0.3 is 19.7 Å². The largest absolute Gasteiger partial charge is 0.349 e. The number of carbonyl (C=O) groups is 2. The lowest BCUT2D eigenvalue weighted by atomic mass is 10.00. The number of likely N-dealkylation sites (N-methyl/N-ethyl adjacent to an activating group) is 1. The van der Waals surface area contributed by atoms with Crippen molar-refractivity contribution in [2.75, 3.05) is 33.7 Å². The number of nitrogens with one attached hydrogen (secondary N) is 1. The molecule has 0 spiro atoms. The second kappa shape index (κ2) is 8.87. The van der Waals surface area contributed by atoms with E-state index < -0.39 is 0 Å². The van der Waals surface area contributed by atoms with E-state index >= 15 is 0 Å². The topological polar surface area (TPSA) is 70.5 Å². The van der Waals surface area contributed by atoms with Crippen molar-refractivity contribution in [3.05, 3.63) is 17.2 Å². The Balaban J connectivity index is 1.84. The highest BCUT2D eigenvalue weighted by Gasteiger charge is 2.33. The molecule has 2 aliphatic rings. The number of hydrogen-bond acceptors (Lipinski definition) is 4. The molecule has 1 fully saturated rings. The van der Waals surface area contributed by atoms with Crippen molar-refractivity contribution in [2.45, 2.75) is 64.5 Å². The predicted octanol–water partition coefficient (Wildman–Crippen LogP) is 1.92. The van der Waals surface area contributed by atoms with Crippen LogP contribution in [0.5, 0.6) is 0 Å². The SMILES string of the molecule is CCC1CCCCN1C(=O)c1nc(C(=O)NCCN(C)C)c2n1CCCC2. The normalized spacial score (nSPS) is 19.9. The molecule has 1 atom stereocenters. The van der Waals surface area contributed by atoms with Gasteiger partial charge in [0.15, 0.2) is 5.82 Å². The Kier molecular flexibility index (Phi) is 6.52. The van der Waals surface area contributed by atoms with Gasteiger partial charge >= 0.3 is 0 Å². The van der Waals surface area contributed by atoms with Crippen molar-refractivity contribution >= 4 is 11.8 Å². The molecule has 1 saturated heterocycles. The van der Waals surface area contributed by atoms with E-state index in [9.17, 15) is 9.59 Å². The predicted molar refractivity (Wildman–Crippen MR) is 105 cm³/mol. The number of amides is 2. The second-order valence-corrected chi connectivity index (χ2v) is 7.96. The molecule has 7 nitrogen and oxygen atoms in total. The molecule has 0 bridgehead atoms. The molecule has 150 valence electrons. The minimum Gasteiger partial charge on any atom is -0.349 e. The van der Waals surface area contributed by atoms with E-state index in [0.717, 1.165) is 63.9 Å². The second-order valence-electron chi connectivity index (χ2n) is 7.96. The number of imidazole rings is 1. The van der Waals surface area contributed by atoms with Crippen molar-refractivity contribution in [1.29, 1.82) is 0 Å². The highest BCUT2D eigenvalue weighted by atomic mass is 16.2. The van der Waals surface area contributed by atoms with E-state index in [-0.39, 0.29) is 11.8 Å². The van der Waals surface area contributed by atoms with Crippen molar-refractivity contribution < 1.29 is 9.59 Å². The molecule has 0 aromatic carbocycles. The lowest BCUT2D eigenvalue weighted by Crippen LogP contribution is -2.44. The molecule has 1 aromatic heterocycles. The Morgan fingerprint density at radius 1 is 1.19 bits per heavy atom. The van der Waals surface area contributed by atoms with Crippen LogP contribution >= 0.6 is 0 Å². The summed E-state index contributed by atoms with van der Waals surface area (Å²) in [4.78, 5) is 34.6. The first-order chi connectivity index (χ1) is 13.0. The first-order valence-corrected chi connectivity index (χ1v) is 10.4. The fourth-order valence-electron chi connectivity index (χ4n) is 4.19. The number of nitrogens with zero attached hydrogens (tertiary/aromatic N) is 4. The monoisotopic (exact) mass is 375 g/mol. The van der Waals surface area contributed by atoms with Crippen LogP contribution in [-0.4, -0.2) is 70.9 Å². The zero-order chi connectivity index (χ0) is 19.4. The summed E-state index contributed by atoms with van der Waals surface area (Å²) >= 11 is 0. The standard InChI is InChI=1S/C20H33N5O2/c1-4-15-9-5-7-12-24(15)20(27)18-22-17(16-10-6-8-13-25(16)18)19(26)21-11-14-23(2)3/h15H,4-14H2,1-3H3,(H,21,26). The molecule has 27 heavy (non-hydrogen) atoms. The summed E-state index contributed by atoms with van der Waals surface area (Å²) in [5, 5.41) is 2.95. The van der Waals surface area contributed by atoms with Gasteiger partial charge in [-0.2, -0.15) is 0 Å². The lowest BCUT2D eigenvalue weighted by Gasteiger charge is -2.35. The minimum absolute atomic E-state index is 0.00274. The van der Waals surface area contributed by atoms with Crippen LogP contribution in [0.4, 0.5) is 0 Å². The maximum Gasteiger partial charge on any atom is 0.290 e. The number of rotatable bonds is 6. The quantitative estimate of drug-likeness (QED) is 0.825. The Morgan fingerprint density at radius 2 is 1.96 bits per heavy atom. The summed E-state index contributed by atoms with van der Waals surface area (Å²) in [5.41, 5.74) is 1.37. The summed E-state index contributed by atoms with van der Waals surface area (Å²) in [5.74, 6) is 0.298. The number of hydrogen-bond donors (Lipinski definition) is 1. The number of carbonyl (C=O) groups excluding carboxylic acids is 2. The molecule has 2 amide bonds. The molecule has 0 saturated carbocycles. The third-order valence-corrected chi connectivity index (χ3v) is 5.73. The van der Waals surface area contributed by atoms with Gasteiger partial charge in [-0.15, -0.1) is 0 Å². The molecule has 3 rings (SSSR count). The molecule has 1 N–H and O–H groups in total. The highest BCUT2D eigenvalue weighted by Crippen LogP contribution is 2.25. The van der Waals surface area contributed by atoms with Gasteiger partial charge in [0.05, 0.1) is 5.69 Å². The van der Waals surface area contributed by atoms with Crippen LogP contribution in [0.2, 0.25) is 0 Å². The van der Waals surface area contributed by atoms with Crippen LogP contribution in [-0.2, 0) is 13.0 Å². The van der Waals surface area contributed by atoms with E-state index in [1.54, 1.807) is 0 Å². The zero-order valence-corrected chi connectivity index (χ0v) is 17.0. The van der Waals surface area contributed by atoms with Gasteiger partial charge in [-0.25, -0.2) is 4.98 Å². The van der Waals surface area contributed by atoms with E-state index in [4.69, 9.17) is 0 Å². The molecule has 2 aliphatic heterocycles. The third-order valence-electron chi connectivity index (χ3n) is 5.73. The average Bonchev–Trinajstić information content (AvgIpc) is 3.07. The van der Waals surface area contributed by atoms with Crippen molar-refractivity contribution in [2.24, 2.45) is 0 Å². The first kappa shape index (κ1) is 19.9. The average molecular weight is 376 g/mol. The van der Waals surface area contributed by atoms with Crippen LogP contribution in [0, 0.1) is 0 Å². The first-order valence-electron chi connectivity index (χ1n) is 10.4. The maximum atomic E-state index is 13.3. The van der Waals surface area contributed by atoms with Gasteiger partial charge in [0, 0.05) is 32.2 Å². The fraction of sp³-hybridized carbons (Fsp3) is 0.750. The number of piperidine rings is 1. The van der Waals surface area contributed by atoms with Crippen LogP contribution in [0.3, 0.4) is 0 Å². The minimum atomic E-state index is -0.160. The number of aromatic nitrogens is 2. The van der Waals surface area contributed by atoms with Crippen LogP contribution in [0.15, 0.2) is 0 Å². The van der Waals surface area contributed by atoms with Crippen molar-refractivity contribution in [3.63, 3.8) is 0 Å².